The summed E-state index contributed by atoms with van der Waals surface area (Å²) in [5.74, 6) is 0. The van der Waals surface area contributed by atoms with Gasteiger partial charge in [0.25, 0.3) is 0 Å². The van der Waals surface area contributed by atoms with Crippen LogP contribution in [-0.4, -0.2) is 29.3 Å². The summed E-state index contributed by atoms with van der Waals surface area (Å²) >= 11 is 0. The van der Waals surface area contributed by atoms with Gasteiger partial charge in [-0.3, -0.25) is 4.98 Å². The quantitative estimate of drug-likeness (QED) is 0.713. The first-order chi connectivity index (χ1) is 6.14. The van der Waals surface area contributed by atoms with Gasteiger partial charge in [-0.15, -0.1) is 0 Å². The van der Waals surface area contributed by atoms with Crippen molar-refractivity contribution in [1.29, 1.82) is 0 Å². The molecule has 0 saturated carbocycles. The highest BCUT2D eigenvalue weighted by molar-refractivity contribution is 5.11. The largest absolute Gasteiger partial charge is 0.389 e. The minimum atomic E-state index is -0.697. The van der Waals surface area contributed by atoms with E-state index in [2.05, 4.69) is 10.3 Å². The smallest absolute Gasteiger partial charge is 0.0784 e. The maximum Gasteiger partial charge on any atom is 0.0784 e. The van der Waals surface area contributed by atoms with Crippen LogP contribution in [0.25, 0.3) is 0 Å². The lowest BCUT2D eigenvalue weighted by Crippen LogP contribution is -2.38. The zero-order valence-electron chi connectivity index (χ0n) is 8.12. The minimum absolute atomic E-state index is 0.585. The van der Waals surface area contributed by atoms with Crippen molar-refractivity contribution in [2.75, 3.05) is 13.6 Å². The number of nitrogens with one attached hydrogen (secondary N) is 1. The topological polar surface area (TPSA) is 45.1 Å². The maximum absolute atomic E-state index is 9.88. The first-order valence-electron chi connectivity index (χ1n) is 4.40. The normalized spacial score (nSPS) is 15.3. The standard InChI is InChI=1S/C10H16N2O/c1-10(13,8-11-2)6-9-4-3-5-12-7-9/h3-5,7,11,13H,6,8H2,1-2H3. The van der Waals surface area contributed by atoms with Crippen LogP contribution in [0.5, 0.6) is 0 Å². The van der Waals surface area contributed by atoms with Gasteiger partial charge in [0.15, 0.2) is 0 Å². The Morgan fingerprint density at radius 1 is 1.62 bits per heavy atom. The molecule has 0 bridgehead atoms. The van der Waals surface area contributed by atoms with Crippen LogP contribution < -0.4 is 5.32 Å². The highest BCUT2D eigenvalue weighted by Crippen LogP contribution is 2.10. The first-order valence-corrected chi connectivity index (χ1v) is 4.40. The molecule has 1 heterocycles. The Labute approximate surface area is 78.8 Å². The molecule has 0 aromatic carbocycles. The van der Waals surface area contributed by atoms with Crippen LogP contribution in [0.4, 0.5) is 0 Å². The highest BCUT2D eigenvalue weighted by atomic mass is 16.3. The molecular weight excluding hydrogens is 164 g/mol. The number of rotatable bonds is 4. The van der Waals surface area contributed by atoms with Gasteiger partial charge in [-0.05, 0) is 25.6 Å². The molecule has 3 nitrogen and oxygen atoms in total. The van der Waals surface area contributed by atoms with Crippen LogP contribution >= 0.6 is 0 Å². The van der Waals surface area contributed by atoms with Crippen molar-refractivity contribution in [3.63, 3.8) is 0 Å². The Balaban J connectivity index is 2.58. The number of aromatic nitrogens is 1. The summed E-state index contributed by atoms with van der Waals surface area (Å²) in [5, 5.41) is 12.8. The first kappa shape index (κ1) is 10.2. The number of hydrogen-bond acceptors (Lipinski definition) is 3. The van der Waals surface area contributed by atoms with Gasteiger partial charge in [0.05, 0.1) is 5.60 Å². The van der Waals surface area contributed by atoms with Gasteiger partial charge in [-0.2, -0.15) is 0 Å². The fourth-order valence-corrected chi connectivity index (χ4v) is 1.39. The number of aliphatic hydroxyl groups is 1. The molecule has 0 saturated heterocycles. The number of likely N-dealkylation sites (N-methyl/N-ethyl adjacent to an activating group) is 1. The summed E-state index contributed by atoms with van der Waals surface area (Å²) in [5.41, 5.74) is 0.361. The lowest BCUT2D eigenvalue weighted by Gasteiger charge is -2.22. The van der Waals surface area contributed by atoms with Crippen molar-refractivity contribution in [2.45, 2.75) is 18.9 Å². The Hall–Kier alpha value is -0.930. The summed E-state index contributed by atoms with van der Waals surface area (Å²) < 4.78 is 0. The van der Waals surface area contributed by atoms with Gasteiger partial charge >= 0.3 is 0 Å². The molecule has 3 heteroatoms. The summed E-state index contributed by atoms with van der Waals surface area (Å²) in [7, 11) is 1.83. The van der Waals surface area contributed by atoms with Crippen LogP contribution in [0.15, 0.2) is 24.5 Å². The second kappa shape index (κ2) is 4.35. The molecule has 1 unspecified atom stereocenters. The van der Waals surface area contributed by atoms with E-state index < -0.39 is 5.60 Å². The van der Waals surface area contributed by atoms with E-state index in [4.69, 9.17) is 0 Å². The van der Waals surface area contributed by atoms with E-state index in [1.165, 1.54) is 0 Å². The third-order valence-electron chi connectivity index (χ3n) is 1.87. The minimum Gasteiger partial charge on any atom is -0.389 e. The van der Waals surface area contributed by atoms with Gasteiger partial charge < -0.3 is 10.4 Å². The molecule has 0 spiro atoms. The van der Waals surface area contributed by atoms with Gasteiger partial charge in [0.2, 0.25) is 0 Å². The molecule has 0 aliphatic rings. The van der Waals surface area contributed by atoms with Gasteiger partial charge in [-0.1, -0.05) is 6.07 Å². The lowest BCUT2D eigenvalue weighted by molar-refractivity contribution is 0.0622. The molecule has 1 aromatic heterocycles. The molecule has 1 rings (SSSR count). The number of nitrogens with zero attached hydrogens (tertiary/aromatic N) is 1. The van der Waals surface area contributed by atoms with Crippen LogP contribution in [0.3, 0.4) is 0 Å². The number of pyridine rings is 1. The average Bonchev–Trinajstić information content (AvgIpc) is 2.04. The van der Waals surface area contributed by atoms with Gasteiger partial charge in [0.1, 0.15) is 0 Å². The van der Waals surface area contributed by atoms with Crippen LogP contribution in [0, 0.1) is 0 Å². The van der Waals surface area contributed by atoms with Crippen molar-refractivity contribution in [2.24, 2.45) is 0 Å². The average molecular weight is 180 g/mol. The van der Waals surface area contributed by atoms with E-state index >= 15 is 0 Å². The molecule has 1 aromatic rings. The second-order valence-corrected chi connectivity index (χ2v) is 3.57. The van der Waals surface area contributed by atoms with Crippen molar-refractivity contribution in [3.8, 4) is 0 Å². The Morgan fingerprint density at radius 3 is 2.92 bits per heavy atom. The summed E-state index contributed by atoms with van der Waals surface area (Å²) in [6.45, 7) is 2.40. The summed E-state index contributed by atoms with van der Waals surface area (Å²) in [4.78, 5) is 4.00. The zero-order valence-corrected chi connectivity index (χ0v) is 8.12. The molecule has 13 heavy (non-hydrogen) atoms. The third kappa shape index (κ3) is 3.53. The molecule has 0 aliphatic heterocycles. The van der Waals surface area contributed by atoms with Crippen LogP contribution in [-0.2, 0) is 6.42 Å². The van der Waals surface area contributed by atoms with E-state index in [0.29, 0.717) is 13.0 Å². The highest BCUT2D eigenvalue weighted by Gasteiger charge is 2.19. The van der Waals surface area contributed by atoms with Crippen molar-refractivity contribution in [3.05, 3.63) is 30.1 Å². The Bertz CT molecular complexity index is 246. The third-order valence-corrected chi connectivity index (χ3v) is 1.87. The van der Waals surface area contributed by atoms with E-state index in [9.17, 15) is 5.11 Å². The van der Waals surface area contributed by atoms with E-state index in [1.807, 2.05) is 26.1 Å². The number of hydrogen-bond donors (Lipinski definition) is 2. The molecule has 0 aliphatic carbocycles. The summed E-state index contributed by atoms with van der Waals surface area (Å²) in [6, 6.07) is 3.85. The molecular formula is C10H16N2O. The Morgan fingerprint density at radius 2 is 2.38 bits per heavy atom. The predicted octanol–water partition coefficient (Wildman–Crippen LogP) is 0.594. The van der Waals surface area contributed by atoms with E-state index in [1.54, 1.807) is 12.4 Å². The SMILES string of the molecule is CNCC(C)(O)Cc1cccnc1. The summed E-state index contributed by atoms with van der Waals surface area (Å²) in [6.07, 6.45) is 4.14. The van der Waals surface area contributed by atoms with Gasteiger partial charge in [0, 0.05) is 25.4 Å². The van der Waals surface area contributed by atoms with E-state index in [-0.39, 0.29) is 0 Å². The fraction of sp³-hybridized carbons (Fsp3) is 0.500. The monoisotopic (exact) mass is 180 g/mol. The maximum atomic E-state index is 9.88. The predicted molar refractivity (Wildman–Crippen MR) is 52.5 cm³/mol. The van der Waals surface area contributed by atoms with Crippen molar-refractivity contribution in [1.82, 2.24) is 10.3 Å². The molecule has 0 fully saturated rings. The fourth-order valence-electron chi connectivity index (χ4n) is 1.39. The second-order valence-electron chi connectivity index (χ2n) is 3.57. The van der Waals surface area contributed by atoms with E-state index in [0.717, 1.165) is 5.56 Å². The molecule has 2 N–H and O–H groups in total. The van der Waals surface area contributed by atoms with Crippen molar-refractivity contribution < 1.29 is 5.11 Å². The molecule has 0 amide bonds. The molecule has 0 radical (unpaired) electrons. The van der Waals surface area contributed by atoms with Crippen LogP contribution in [0.1, 0.15) is 12.5 Å². The molecule has 1 atom stereocenters. The lowest BCUT2D eigenvalue weighted by atomic mass is 9.98. The van der Waals surface area contributed by atoms with Crippen LogP contribution in [0.2, 0.25) is 0 Å². The Kier molecular flexibility index (Phi) is 3.39. The zero-order chi connectivity index (χ0) is 9.73. The van der Waals surface area contributed by atoms with Crippen molar-refractivity contribution >= 4 is 0 Å². The molecule has 72 valence electrons. The van der Waals surface area contributed by atoms with Gasteiger partial charge in [-0.25, -0.2) is 0 Å².